The topological polar surface area (TPSA) is 40.5 Å². The fourth-order valence-corrected chi connectivity index (χ4v) is 4.68. The van der Waals surface area contributed by atoms with Crippen molar-refractivity contribution < 1.29 is 10.2 Å². The quantitative estimate of drug-likeness (QED) is 0.346. The summed E-state index contributed by atoms with van der Waals surface area (Å²) in [4.78, 5) is 0. The Morgan fingerprint density at radius 1 is 0.516 bits per heavy atom. The summed E-state index contributed by atoms with van der Waals surface area (Å²) in [5.74, 6) is -0.406. The average molecular weight is 427 g/mol. The van der Waals surface area contributed by atoms with Crippen LogP contribution >= 0.6 is 12.6 Å². The average Bonchev–Trinajstić information content (AvgIpc) is 2.85. The first-order chi connectivity index (χ1) is 15.1. The summed E-state index contributed by atoms with van der Waals surface area (Å²) in [5, 5.41) is 23.4. The Bertz CT molecular complexity index is 990. The van der Waals surface area contributed by atoms with Crippen LogP contribution in [0.25, 0.3) is 0 Å². The summed E-state index contributed by atoms with van der Waals surface area (Å²) in [6, 6.07) is 39.0. The number of thiol groups is 1. The van der Waals surface area contributed by atoms with Crippen LogP contribution in [0, 0.1) is 0 Å². The van der Waals surface area contributed by atoms with Gasteiger partial charge in [0.1, 0.15) is 6.10 Å². The highest BCUT2D eigenvalue weighted by Crippen LogP contribution is 2.44. The zero-order valence-corrected chi connectivity index (χ0v) is 18.0. The molecule has 0 fully saturated rings. The second kappa shape index (κ2) is 9.52. The Balaban J connectivity index is 1.83. The normalized spacial score (nSPS) is 13.7. The fourth-order valence-electron chi connectivity index (χ4n) is 4.23. The lowest BCUT2D eigenvalue weighted by Crippen LogP contribution is -2.46. The maximum atomic E-state index is 11.7. The molecule has 0 radical (unpaired) electrons. The third-order valence-corrected chi connectivity index (χ3v) is 6.62. The number of benzene rings is 4. The van der Waals surface area contributed by atoms with Crippen LogP contribution in [-0.4, -0.2) is 22.4 Å². The lowest BCUT2D eigenvalue weighted by atomic mass is 9.76. The van der Waals surface area contributed by atoms with Crippen molar-refractivity contribution in [2.75, 3.05) is 0 Å². The van der Waals surface area contributed by atoms with Gasteiger partial charge in [0, 0.05) is 5.92 Å². The second-order valence-corrected chi connectivity index (χ2v) is 8.44. The summed E-state index contributed by atoms with van der Waals surface area (Å²) >= 11 is 5.04. The van der Waals surface area contributed by atoms with Crippen molar-refractivity contribution in [3.63, 3.8) is 0 Å². The Morgan fingerprint density at radius 2 is 0.839 bits per heavy atom. The Labute approximate surface area is 189 Å². The minimum absolute atomic E-state index is 0.406. The molecule has 0 aliphatic carbocycles. The van der Waals surface area contributed by atoms with Crippen LogP contribution in [0.4, 0.5) is 0 Å². The van der Waals surface area contributed by atoms with E-state index in [0.29, 0.717) is 0 Å². The number of aliphatic hydroxyl groups excluding tert-OH is 2. The summed E-state index contributed by atoms with van der Waals surface area (Å²) in [6.07, 6.45) is -2.27. The molecule has 0 saturated heterocycles. The first-order valence-corrected chi connectivity index (χ1v) is 10.9. The van der Waals surface area contributed by atoms with Gasteiger partial charge in [-0.3, -0.25) is 0 Å². The third kappa shape index (κ3) is 4.31. The minimum Gasteiger partial charge on any atom is -0.389 e. The molecule has 0 spiro atoms. The molecule has 0 saturated carbocycles. The van der Waals surface area contributed by atoms with Crippen molar-refractivity contribution >= 4 is 12.6 Å². The van der Waals surface area contributed by atoms with Crippen LogP contribution in [0.15, 0.2) is 121 Å². The van der Waals surface area contributed by atoms with Gasteiger partial charge >= 0.3 is 0 Å². The van der Waals surface area contributed by atoms with Crippen molar-refractivity contribution in [3.05, 3.63) is 144 Å². The van der Waals surface area contributed by atoms with Gasteiger partial charge in [0.25, 0.3) is 0 Å². The number of aliphatic hydroxyl groups is 2. The molecule has 3 heteroatoms. The SMILES string of the molecule is OC(C(c1ccccc1)c1ccccc1)C(O)C(S)(c1ccccc1)c1ccccc1. The van der Waals surface area contributed by atoms with Gasteiger partial charge < -0.3 is 10.2 Å². The van der Waals surface area contributed by atoms with Crippen molar-refractivity contribution in [1.82, 2.24) is 0 Å². The highest BCUT2D eigenvalue weighted by molar-refractivity contribution is 7.81. The molecular formula is C28H26O2S. The van der Waals surface area contributed by atoms with Gasteiger partial charge in [-0.2, -0.15) is 12.6 Å². The van der Waals surface area contributed by atoms with E-state index < -0.39 is 22.9 Å². The van der Waals surface area contributed by atoms with Gasteiger partial charge in [-0.25, -0.2) is 0 Å². The van der Waals surface area contributed by atoms with Gasteiger partial charge in [0.2, 0.25) is 0 Å². The molecule has 4 aromatic rings. The third-order valence-electron chi connectivity index (χ3n) is 5.84. The largest absolute Gasteiger partial charge is 0.389 e. The van der Waals surface area contributed by atoms with E-state index in [1.165, 1.54) is 0 Å². The Morgan fingerprint density at radius 3 is 1.19 bits per heavy atom. The van der Waals surface area contributed by atoms with Crippen molar-refractivity contribution in [2.45, 2.75) is 22.9 Å². The van der Waals surface area contributed by atoms with Crippen molar-refractivity contribution in [3.8, 4) is 0 Å². The van der Waals surface area contributed by atoms with Crippen molar-refractivity contribution in [2.24, 2.45) is 0 Å². The van der Waals surface area contributed by atoms with E-state index in [1.54, 1.807) is 0 Å². The van der Waals surface area contributed by atoms with E-state index in [9.17, 15) is 10.2 Å². The fraction of sp³-hybridized carbons (Fsp3) is 0.143. The monoisotopic (exact) mass is 426 g/mol. The molecule has 0 heterocycles. The zero-order valence-electron chi connectivity index (χ0n) is 17.1. The first-order valence-electron chi connectivity index (χ1n) is 10.4. The van der Waals surface area contributed by atoms with Gasteiger partial charge in [-0.1, -0.05) is 121 Å². The molecule has 0 aliphatic rings. The molecule has 0 bridgehead atoms. The molecular weight excluding hydrogens is 400 g/mol. The highest BCUT2D eigenvalue weighted by Gasteiger charge is 2.44. The smallest absolute Gasteiger partial charge is 0.103 e. The van der Waals surface area contributed by atoms with Gasteiger partial charge in [-0.15, -0.1) is 0 Å². The number of hydrogen-bond acceptors (Lipinski definition) is 3. The molecule has 2 N–H and O–H groups in total. The maximum absolute atomic E-state index is 11.7. The van der Waals surface area contributed by atoms with Crippen LogP contribution < -0.4 is 0 Å². The molecule has 156 valence electrons. The van der Waals surface area contributed by atoms with Crippen LogP contribution in [-0.2, 0) is 4.75 Å². The van der Waals surface area contributed by atoms with E-state index in [2.05, 4.69) is 0 Å². The minimum atomic E-state index is -1.17. The number of rotatable bonds is 7. The van der Waals surface area contributed by atoms with E-state index in [4.69, 9.17) is 12.6 Å². The molecule has 4 rings (SSSR count). The number of hydrogen-bond donors (Lipinski definition) is 3. The first kappa shape index (κ1) is 21.4. The molecule has 2 nitrogen and oxygen atoms in total. The molecule has 2 atom stereocenters. The summed E-state index contributed by atoms with van der Waals surface area (Å²) in [5.41, 5.74) is 3.54. The molecule has 31 heavy (non-hydrogen) atoms. The molecule has 0 amide bonds. The maximum Gasteiger partial charge on any atom is 0.103 e. The lowest BCUT2D eigenvalue weighted by Gasteiger charge is -2.40. The molecule has 2 unspecified atom stereocenters. The lowest BCUT2D eigenvalue weighted by molar-refractivity contribution is -0.00640. The van der Waals surface area contributed by atoms with Gasteiger partial charge in [0.15, 0.2) is 0 Å². The summed E-state index contributed by atoms with van der Waals surface area (Å²) in [6.45, 7) is 0. The highest BCUT2D eigenvalue weighted by atomic mass is 32.1. The predicted molar refractivity (Wildman–Crippen MR) is 129 cm³/mol. The zero-order chi connectivity index (χ0) is 21.7. The molecule has 4 aromatic carbocycles. The molecule has 0 aromatic heterocycles. The van der Waals surface area contributed by atoms with E-state index in [-0.39, 0.29) is 0 Å². The van der Waals surface area contributed by atoms with Crippen LogP contribution in [0.3, 0.4) is 0 Å². The Hall–Kier alpha value is -2.85. The van der Waals surface area contributed by atoms with Crippen LogP contribution in [0.2, 0.25) is 0 Å². The second-order valence-electron chi connectivity index (χ2n) is 7.73. The molecule has 0 aliphatic heterocycles. The van der Waals surface area contributed by atoms with Gasteiger partial charge in [0.05, 0.1) is 10.9 Å². The summed E-state index contributed by atoms with van der Waals surface area (Å²) in [7, 11) is 0. The standard InChI is InChI=1S/C28H26O2S/c29-26(25(21-13-5-1-6-14-21)22-15-7-2-8-16-22)27(30)28(31,23-17-9-3-10-18-23)24-19-11-4-12-20-24/h1-20,25-27,29-31H. The Kier molecular flexibility index (Phi) is 6.57. The van der Waals surface area contributed by atoms with Crippen LogP contribution in [0.5, 0.6) is 0 Å². The van der Waals surface area contributed by atoms with E-state index in [0.717, 1.165) is 22.3 Å². The van der Waals surface area contributed by atoms with E-state index in [1.807, 2.05) is 121 Å². The summed E-state index contributed by atoms with van der Waals surface area (Å²) < 4.78 is -1.09. The predicted octanol–water partition coefficient (Wildman–Crippen LogP) is 5.41. The van der Waals surface area contributed by atoms with Crippen molar-refractivity contribution in [1.29, 1.82) is 0 Å². The van der Waals surface area contributed by atoms with Crippen LogP contribution in [0.1, 0.15) is 28.2 Å². The van der Waals surface area contributed by atoms with Gasteiger partial charge in [-0.05, 0) is 22.3 Å². The van der Waals surface area contributed by atoms with E-state index >= 15 is 0 Å².